The molecule has 2 N–H and O–H groups in total. The van der Waals surface area contributed by atoms with Crippen molar-refractivity contribution in [2.75, 3.05) is 24.5 Å². The predicted octanol–water partition coefficient (Wildman–Crippen LogP) is 3.59. The topological polar surface area (TPSA) is 29.3 Å². The Morgan fingerprint density at radius 3 is 2.45 bits per heavy atom. The molecular formula is C17H27FN2. The summed E-state index contributed by atoms with van der Waals surface area (Å²) < 4.78 is 14.2. The third kappa shape index (κ3) is 3.32. The van der Waals surface area contributed by atoms with Gasteiger partial charge in [-0.15, -0.1) is 0 Å². The first-order valence-corrected chi connectivity index (χ1v) is 7.66. The van der Waals surface area contributed by atoms with Crippen molar-refractivity contribution in [3.8, 4) is 0 Å². The minimum atomic E-state index is -0.106. The van der Waals surface area contributed by atoms with E-state index < -0.39 is 0 Å². The van der Waals surface area contributed by atoms with Crippen LogP contribution >= 0.6 is 0 Å². The fraction of sp³-hybridized carbons (Fsp3) is 0.647. The Bertz CT molecular complexity index is 443. The van der Waals surface area contributed by atoms with Crippen LogP contribution in [0.25, 0.3) is 0 Å². The molecule has 0 bridgehead atoms. The molecule has 0 aliphatic carbocycles. The molecular weight excluding hydrogens is 251 g/mol. The van der Waals surface area contributed by atoms with Crippen molar-refractivity contribution in [2.24, 2.45) is 17.1 Å². The van der Waals surface area contributed by atoms with E-state index in [0.717, 1.165) is 49.5 Å². The van der Waals surface area contributed by atoms with Crippen LogP contribution in [0, 0.1) is 17.2 Å². The number of nitrogens with zero attached hydrogens (tertiary/aromatic N) is 1. The van der Waals surface area contributed by atoms with Gasteiger partial charge in [0.1, 0.15) is 5.82 Å². The number of para-hydroxylation sites is 1. The molecule has 1 heterocycles. The maximum Gasteiger partial charge on any atom is 0.146 e. The maximum atomic E-state index is 14.2. The number of halogens is 1. The highest BCUT2D eigenvalue weighted by Crippen LogP contribution is 2.36. The highest BCUT2D eigenvalue weighted by molar-refractivity contribution is 5.55. The van der Waals surface area contributed by atoms with Crippen molar-refractivity contribution < 1.29 is 4.39 Å². The van der Waals surface area contributed by atoms with E-state index in [1.54, 1.807) is 12.1 Å². The molecule has 1 fully saturated rings. The molecule has 1 aromatic rings. The lowest BCUT2D eigenvalue weighted by Gasteiger charge is -2.40. The predicted molar refractivity (Wildman–Crippen MR) is 83.6 cm³/mol. The van der Waals surface area contributed by atoms with Crippen LogP contribution in [0.4, 0.5) is 10.1 Å². The lowest BCUT2D eigenvalue weighted by atomic mass is 9.75. The van der Waals surface area contributed by atoms with Crippen molar-refractivity contribution in [3.05, 3.63) is 29.6 Å². The largest absolute Gasteiger partial charge is 0.369 e. The van der Waals surface area contributed by atoms with Crippen molar-refractivity contribution >= 4 is 5.69 Å². The summed E-state index contributed by atoms with van der Waals surface area (Å²) in [5.41, 5.74) is 7.82. The Morgan fingerprint density at radius 1 is 1.25 bits per heavy atom. The van der Waals surface area contributed by atoms with Crippen LogP contribution in [-0.2, 0) is 6.42 Å². The molecule has 0 saturated carbocycles. The molecule has 112 valence electrons. The maximum absolute atomic E-state index is 14.2. The zero-order valence-electron chi connectivity index (χ0n) is 13.0. The first kappa shape index (κ1) is 15.3. The van der Waals surface area contributed by atoms with Gasteiger partial charge in [0.05, 0.1) is 5.69 Å². The van der Waals surface area contributed by atoms with E-state index in [9.17, 15) is 4.39 Å². The first-order valence-electron chi connectivity index (χ1n) is 7.66. The fourth-order valence-electron chi connectivity index (χ4n) is 3.24. The third-order valence-corrected chi connectivity index (χ3v) is 4.52. The summed E-state index contributed by atoms with van der Waals surface area (Å²) in [5, 5.41) is 0. The van der Waals surface area contributed by atoms with Crippen LogP contribution < -0.4 is 10.6 Å². The van der Waals surface area contributed by atoms with Crippen molar-refractivity contribution in [1.29, 1.82) is 0 Å². The zero-order chi connectivity index (χ0) is 14.8. The van der Waals surface area contributed by atoms with Gasteiger partial charge >= 0.3 is 0 Å². The number of hydrogen-bond donors (Lipinski definition) is 1. The molecule has 0 aromatic heterocycles. The van der Waals surface area contributed by atoms with E-state index in [4.69, 9.17) is 5.73 Å². The Kier molecular flexibility index (Phi) is 4.69. The second-order valence-electron chi connectivity index (χ2n) is 6.91. The normalized spacial score (nSPS) is 17.6. The monoisotopic (exact) mass is 278 g/mol. The van der Waals surface area contributed by atoms with Crippen LogP contribution in [0.2, 0.25) is 0 Å². The molecule has 0 amide bonds. The van der Waals surface area contributed by atoms with Gasteiger partial charge in [0.15, 0.2) is 0 Å². The number of benzene rings is 1. The Hall–Kier alpha value is -1.09. The summed E-state index contributed by atoms with van der Waals surface area (Å²) in [6.45, 7) is 9.36. The van der Waals surface area contributed by atoms with Crippen LogP contribution in [0.3, 0.4) is 0 Å². The summed E-state index contributed by atoms with van der Waals surface area (Å²) in [4.78, 5) is 2.21. The summed E-state index contributed by atoms with van der Waals surface area (Å²) in [6.07, 6.45) is 3.02. The zero-order valence-corrected chi connectivity index (χ0v) is 13.0. The average molecular weight is 278 g/mol. The number of anilines is 1. The quantitative estimate of drug-likeness (QED) is 0.915. The van der Waals surface area contributed by atoms with Crippen LogP contribution in [0.5, 0.6) is 0 Å². The molecule has 1 aliphatic rings. The van der Waals surface area contributed by atoms with Crippen LogP contribution in [0.1, 0.15) is 39.2 Å². The number of nitrogens with two attached hydrogens (primary N) is 1. The lowest BCUT2D eigenvalue weighted by Crippen LogP contribution is -2.39. The van der Waals surface area contributed by atoms with E-state index in [1.807, 2.05) is 6.07 Å². The Labute approximate surface area is 122 Å². The Balaban J connectivity index is 2.14. The van der Waals surface area contributed by atoms with Crippen molar-refractivity contribution in [1.82, 2.24) is 0 Å². The second kappa shape index (κ2) is 6.13. The van der Waals surface area contributed by atoms with Gasteiger partial charge in [0.2, 0.25) is 0 Å². The van der Waals surface area contributed by atoms with Crippen molar-refractivity contribution in [2.45, 2.75) is 40.0 Å². The molecule has 0 unspecified atom stereocenters. The van der Waals surface area contributed by atoms with Gasteiger partial charge in [-0.2, -0.15) is 0 Å². The molecule has 0 radical (unpaired) electrons. The van der Waals surface area contributed by atoms with Gasteiger partial charge in [-0.3, -0.25) is 0 Å². The minimum absolute atomic E-state index is 0.106. The minimum Gasteiger partial charge on any atom is -0.369 e. The average Bonchev–Trinajstić information content (AvgIpc) is 2.38. The Morgan fingerprint density at radius 2 is 1.90 bits per heavy atom. The summed E-state index contributed by atoms with van der Waals surface area (Å²) in [6, 6.07) is 5.35. The first-order chi connectivity index (χ1) is 9.43. The molecule has 2 nitrogen and oxygen atoms in total. The molecule has 1 aliphatic heterocycles. The van der Waals surface area contributed by atoms with Crippen LogP contribution in [-0.4, -0.2) is 19.6 Å². The summed E-state index contributed by atoms with van der Waals surface area (Å²) in [7, 11) is 0. The summed E-state index contributed by atoms with van der Waals surface area (Å²) in [5.74, 6) is 0.619. The van der Waals surface area contributed by atoms with Gasteiger partial charge < -0.3 is 10.6 Å². The van der Waals surface area contributed by atoms with E-state index in [-0.39, 0.29) is 5.82 Å². The highest BCUT2D eigenvalue weighted by atomic mass is 19.1. The third-order valence-electron chi connectivity index (χ3n) is 4.52. The molecule has 0 atom stereocenters. The molecule has 0 spiro atoms. The van der Waals surface area contributed by atoms with Gasteiger partial charge in [-0.05, 0) is 48.8 Å². The number of rotatable bonds is 3. The van der Waals surface area contributed by atoms with E-state index >= 15 is 0 Å². The van der Waals surface area contributed by atoms with E-state index in [2.05, 4.69) is 25.7 Å². The summed E-state index contributed by atoms with van der Waals surface area (Å²) >= 11 is 0. The SMILES string of the molecule is CC(C)(C)C1CCN(c2c(F)cccc2CCN)CC1. The van der Waals surface area contributed by atoms with E-state index in [1.165, 1.54) is 0 Å². The van der Waals surface area contributed by atoms with E-state index in [0.29, 0.717) is 12.0 Å². The molecule has 3 heteroatoms. The van der Waals surface area contributed by atoms with Gasteiger partial charge in [0, 0.05) is 13.1 Å². The standard InChI is InChI=1S/C17H27FN2/c1-17(2,3)14-8-11-20(12-9-14)16-13(7-10-19)5-4-6-15(16)18/h4-6,14H,7-12,19H2,1-3H3. The number of hydrogen-bond acceptors (Lipinski definition) is 2. The van der Waals surface area contributed by atoms with Crippen molar-refractivity contribution in [3.63, 3.8) is 0 Å². The smallest absolute Gasteiger partial charge is 0.146 e. The fourth-order valence-corrected chi connectivity index (χ4v) is 3.24. The molecule has 1 saturated heterocycles. The molecule has 2 rings (SSSR count). The van der Waals surface area contributed by atoms with Crippen LogP contribution in [0.15, 0.2) is 18.2 Å². The van der Waals surface area contributed by atoms with Gasteiger partial charge in [0.25, 0.3) is 0 Å². The number of piperidine rings is 1. The second-order valence-corrected chi connectivity index (χ2v) is 6.91. The molecule has 20 heavy (non-hydrogen) atoms. The molecule has 1 aromatic carbocycles. The van der Waals surface area contributed by atoms with Gasteiger partial charge in [-0.25, -0.2) is 4.39 Å². The lowest BCUT2D eigenvalue weighted by molar-refractivity contribution is 0.198. The van der Waals surface area contributed by atoms with Gasteiger partial charge in [-0.1, -0.05) is 32.9 Å². The highest BCUT2D eigenvalue weighted by Gasteiger charge is 2.30.